The molecule has 0 aliphatic carbocycles. The largest absolute Gasteiger partial charge is 0.384 e. The lowest BCUT2D eigenvalue weighted by Crippen LogP contribution is -2.48. The summed E-state index contributed by atoms with van der Waals surface area (Å²) in [6.45, 7) is 0. The number of aliphatic imine (C=N–C) groups is 4. The number of hydrogen-bond acceptors (Lipinski definition) is 6. The Morgan fingerprint density at radius 2 is 2.07 bits per heavy atom. The monoisotopic (exact) mass is 215 g/mol. The van der Waals surface area contributed by atoms with Crippen LogP contribution in [0.5, 0.6) is 0 Å². The minimum atomic E-state index is -4.62. The van der Waals surface area contributed by atoms with Crippen molar-refractivity contribution in [2.24, 2.45) is 25.7 Å². The molecule has 0 saturated heterocycles. The molecule has 0 bridgehead atoms. The predicted molar refractivity (Wildman–Crippen MR) is 50.8 cm³/mol. The van der Waals surface area contributed by atoms with Gasteiger partial charge in [0.05, 0.1) is 0 Å². The van der Waals surface area contributed by atoms with E-state index in [-0.39, 0.29) is 11.7 Å². The fourth-order valence-corrected chi connectivity index (χ4v) is 2.14. The van der Waals surface area contributed by atoms with Crippen molar-refractivity contribution in [1.82, 2.24) is 0 Å². The maximum absolute atomic E-state index is 11.3. The first-order valence-corrected chi connectivity index (χ1v) is 5.13. The van der Waals surface area contributed by atoms with E-state index in [1.54, 1.807) is 0 Å². The summed E-state index contributed by atoms with van der Waals surface area (Å²) in [7, 11) is -4.62. The lowest BCUT2D eigenvalue weighted by Gasteiger charge is -2.27. The van der Waals surface area contributed by atoms with Gasteiger partial charge in [0.1, 0.15) is 18.5 Å². The van der Waals surface area contributed by atoms with E-state index >= 15 is 0 Å². The zero-order valence-electron chi connectivity index (χ0n) is 6.77. The molecule has 0 aromatic carbocycles. The summed E-state index contributed by atoms with van der Waals surface area (Å²) in [6.07, 6.45) is 2.09. The average molecular weight is 215 g/mol. The second-order valence-electron chi connectivity index (χ2n) is 2.67. The molecule has 0 fully saturated rings. The molecule has 0 amide bonds. The van der Waals surface area contributed by atoms with Crippen molar-refractivity contribution in [1.29, 1.82) is 0 Å². The maximum atomic E-state index is 11.3. The Morgan fingerprint density at radius 1 is 1.36 bits per heavy atom. The van der Waals surface area contributed by atoms with Gasteiger partial charge in [-0.25, -0.2) is 20.0 Å². The summed E-state index contributed by atoms with van der Waals surface area (Å²) < 4.78 is 11.3. The lowest BCUT2D eigenvalue weighted by atomic mass is 10.2. The Hall–Kier alpha value is -1.37. The summed E-state index contributed by atoms with van der Waals surface area (Å²) in [6, 6.07) is 0. The van der Waals surface area contributed by atoms with Gasteiger partial charge in [-0.15, -0.1) is 0 Å². The lowest BCUT2D eigenvalue weighted by molar-refractivity contribution is 0.361. The van der Waals surface area contributed by atoms with Gasteiger partial charge >= 0.3 is 7.60 Å². The van der Waals surface area contributed by atoms with Gasteiger partial charge in [0.25, 0.3) is 5.28 Å². The molecule has 2 aliphatic heterocycles. The van der Waals surface area contributed by atoms with Gasteiger partial charge in [0.2, 0.25) is 0 Å². The van der Waals surface area contributed by atoms with Gasteiger partial charge in [0, 0.05) is 0 Å². The quantitative estimate of drug-likeness (QED) is 0.468. The van der Waals surface area contributed by atoms with Crippen LogP contribution in [0.15, 0.2) is 20.0 Å². The molecule has 0 spiro atoms. The van der Waals surface area contributed by atoms with Crippen LogP contribution in [-0.4, -0.2) is 39.4 Å². The van der Waals surface area contributed by atoms with E-state index in [2.05, 4.69) is 20.0 Å². The fraction of sp³-hybridized carbons (Fsp3) is 0.200. The number of fused-ring (bicyclic) bond motifs is 1. The molecule has 1 unspecified atom stereocenters. The molecule has 4 N–H and O–H groups in total. The van der Waals surface area contributed by atoms with Crippen molar-refractivity contribution in [3.63, 3.8) is 0 Å². The standard InChI is InChI=1S/C5H6N5O3P/c6-3-5(14(11,12)13)4(8-1-7-3)9-2-10-5/h1-2H,(H2,11,12,13)(H2,6,7,8,9,10). The van der Waals surface area contributed by atoms with Crippen LogP contribution in [0.1, 0.15) is 0 Å². The third-order valence-electron chi connectivity index (χ3n) is 1.89. The van der Waals surface area contributed by atoms with Crippen LogP contribution in [0, 0.1) is 0 Å². The van der Waals surface area contributed by atoms with Gasteiger partial charge in [-0.05, 0) is 0 Å². The second kappa shape index (κ2) is 2.57. The van der Waals surface area contributed by atoms with Crippen LogP contribution < -0.4 is 5.73 Å². The van der Waals surface area contributed by atoms with Crippen LogP contribution in [0.3, 0.4) is 0 Å². The third-order valence-corrected chi connectivity index (χ3v) is 3.28. The average Bonchev–Trinajstić information content (AvgIpc) is 2.48. The number of nitrogens with two attached hydrogens (primary N) is 1. The molecule has 14 heavy (non-hydrogen) atoms. The van der Waals surface area contributed by atoms with Crippen LogP contribution in [0.25, 0.3) is 0 Å². The van der Waals surface area contributed by atoms with E-state index in [0.717, 1.165) is 12.7 Å². The fourth-order valence-electron chi connectivity index (χ4n) is 1.21. The van der Waals surface area contributed by atoms with E-state index in [0.29, 0.717) is 0 Å². The van der Waals surface area contributed by atoms with Crippen molar-refractivity contribution in [2.45, 2.75) is 5.28 Å². The topological polar surface area (TPSA) is 133 Å². The number of hydrogen-bond donors (Lipinski definition) is 3. The Morgan fingerprint density at radius 3 is 2.64 bits per heavy atom. The zero-order valence-corrected chi connectivity index (χ0v) is 7.67. The predicted octanol–water partition coefficient (Wildman–Crippen LogP) is -1.30. The first-order chi connectivity index (χ1) is 6.48. The van der Waals surface area contributed by atoms with E-state index in [4.69, 9.17) is 15.5 Å². The molecular weight excluding hydrogens is 209 g/mol. The van der Waals surface area contributed by atoms with Crippen LogP contribution >= 0.6 is 7.60 Å². The summed E-state index contributed by atoms with van der Waals surface area (Å²) in [4.78, 5) is 32.7. The number of nitrogens with zero attached hydrogens (tertiary/aromatic N) is 4. The normalized spacial score (nSPS) is 29.9. The highest BCUT2D eigenvalue weighted by Crippen LogP contribution is 2.54. The first-order valence-electron chi connectivity index (χ1n) is 3.52. The minimum Gasteiger partial charge on any atom is -0.384 e. The highest BCUT2D eigenvalue weighted by Gasteiger charge is 2.58. The number of amidine groups is 2. The summed E-state index contributed by atoms with van der Waals surface area (Å²) >= 11 is 0. The van der Waals surface area contributed by atoms with Gasteiger partial charge in [-0.2, -0.15) is 0 Å². The molecule has 0 aromatic rings. The summed E-state index contributed by atoms with van der Waals surface area (Å²) in [5, 5.41) is -2.00. The molecule has 0 saturated carbocycles. The molecule has 9 heteroatoms. The van der Waals surface area contributed by atoms with Crippen molar-refractivity contribution in [2.75, 3.05) is 0 Å². The molecule has 2 rings (SSSR count). The summed E-state index contributed by atoms with van der Waals surface area (Å²) in [5.41, 5.74) is 5.41. The highest BCUT2D eigenvalue weighted by atomic mass is 31.2. The smallest absolute Gasteiger partial charge is 0.368 e. The van der Waals surface area contributed by atoms with Crippen molar-refractivity contribution < 1.29 is 14.4 Å². The molecule has 2 heterocycles. The van der Waals surface area contributed by atoms with Gasteiger partial charge in [-0.1, -0.05) is 0 Å². The third kappa shape index (κ3) is 0.926. The molecule has 8 nitrogen and oxygen atoms in total. The van der Waals surface area contributed by atoms with E-state index in [1.807, 2.05) is 0 Å². The molecule has 74 valence electrons. The second-order valence-corrected chi connectivity index (χ2v) is 4.41. The molecule has 0 radical (unpaired) electrons. The van der Waals surface area contributed by atoms with Crippen molar-refractivity contribution in [3.05, 3.63) is 0 Å². The number of rotatable bonds is 1. The van der Waals surface area contributed by atoms with Crippen LogP contribution in [0.4, 0.5) is 0 Å². The maximum Gasteiger partial charge on any atom is 0.368 e. The van der Waals surface area contributed by atoms with Crippen molar-refractivity contribution in [3.8, 4) is 0 Å². The van der Waals surface area contributed by atoms with Crippen LogP contribution in [-0.2, 0) is 4.57 Å². The first kappa shape index (κ1) is 9.20. The minimum absolute atomic E-state index is 0.127. The summed E-state index contributed by atoms with van der Waals surface area (Å²) in [5.74, 6) is -0.424. The van der Waals surface area contributed by atoms with Crippen molar-refractivity contribution >= 4 is 31.9 Å². The Kier molecular flexibility index (Phi) is 1.69. The highest BCUT2D eigenvalue weighted by molar-refractivity contribution is 7.56. The Balaban J connectivity index is 2.68. The van der Waals surface area contributed by atoms with E-state index < -0.39 is 12.9 Å². The van der Waals surface area contributed by atoms with E-state index in [9.17, 15) is 4.57 Å². The molecule has 2 aliphatic rings. The molecular formula is C5H6N5O3P. The Bertz CT molecular complexity index is 446. The molecule has 0 aromatic heterocycles. The SMILES string of the molecule is NC1=NC=NC2=NC=NC12P(=O)(O)O. The molecule has 1 atom stereocenters. The van der Waals surface area contributed by atoms with Gasteiger partial charge < -0.3 is 15.5 Å². The van der Waals surface area contributed by atoms with Crippen LogP contribution in [0.2, 0.25) is 0 Å². The van der Waals surface area contributed by atoms with Gasteiger partial charge in [-0.3, -0.25) is 4.57 Å². The Labute approximate surface area is 78.2 Å². The zero-order chi connectivity index (χ0) is 10.4. The van der Waals surface area contributed by atoms with Gasteiger partial charge in [0.15, 0.2) is 5.84 Å². The van der Waals surface area contributed by atoms with E-state index in [1.165, 1.54) is 0 Å².